The number of unbranched alkanes of at least 4 members (excludes halogenated alkanes) is 2. The van der Waals surface area contributed by atoms with Gasteiger partial charge in [0.15, 0.2) is 0 Å². The lowest BCUT2D eigenvalue weighted by Gasteiger charge is -2.20. The normalized spacial score (nSPS) is 15.5. The summed E-state index contributed by atoms with van der Waals surface area (Å²) in [6.45, 7) is 11.0. The van der Waals surface area contributed by atoms with Gasteiger partial charge < -0.3 is 9.88 Å². The standard InChI is InChI=1S/C25H30N4O/c1-6-7-8-13-29-22-15-21-20(14-19(22)25(4,5)24(29)30)27-23(28-21)12-11-18-10-9-16(2)26-17(18)3/h9-12,14-15H,6-8,13H2,1-5H3,(H,27,28). The van der Waals surface area contributed by atoms with E-state index in [9.17, 15) is 4.79 Å². The quantitative estimate of drug-likeness (QED) is 0.549. The summed E-state index contributed by atoms with van der Waals surface area (Å²) in [4.78, 5) is 27.7. The number of aryl methyl sites for hydroxylation is 2. The van der Waals surface area contributed by atoms with Crippen molar-refractivity contribution in [3.8, 4) is 0 Å². The number of hydrogen-bond acceptors (Lipinski definition) is 3. The minimum absolute atomic E-state index is 0.184. The van der Waals surface area contributed by atoms with Crippen molar-refractivity contribution in [3.05, 3.63) is 52.6 Å². The monoisotopic (exact) mass is 402 g/mol. The molecule has 1 N–H and O–H groups in total. The van der Waals surface area contributed by atoms with E-state index in [1.807, 2.05) is 50.8 Å². The van der Waals surface area contributed by atoms with Crippen molar-refractivity contribution >= 4 is 34.8 Å². The summed E-state index contributed by atoms with van der Waals surface area (Å²) in [6.07, 6.45) is 7.32. The van der Waals surface area contributed by atoms with Gasteiger partial charge in [-0.25, -0.2) is 4.98 Å². The molecule has 1 aromatic carbocycles. The van der Waals surface area contributed by atoms with Gasteiger partial charge in [-0.05, 0) is 75.6 Å². The summed E-state index contributed by atoms with van der Waals surface area (Å²) >= 11 is 0. The predicted octanol–water partition coefficient (Wildman–Crippen LogP) is 5.56. The van der Waals surface area contributed by atoms with Crippen molar-refractivity contribution in [2.75, 3.05) is 11.4 Å². The molecule has 0 fully saturated rings. The number of fused-ring (bicyclic) bond motifs is 2. The Morgan fingerprint density at radius 1 is 1.10 bits per heavy atom. The molecule has 0 atom stereocenters. The van der Waals surface area contributed by atoms with E-state index in [1.165, 1.54) is 0 Å². The first-order chi connectivity index (χ1) is 14.3. The maximum atomic E-state index is 13.0. The van der Waals surface area contributed by atoms with Crippen molar-refractivity contribution in [3.63, 3.8) is 0 Å². The van der Waals surface area contributed by atoms with Crippen molar-refractivity contribution in [2.24, 2.45) is 0 Å². The van der Waals surface area contributed by atoms with Gasteiger partial charge in [0, 0.05) is 17.9 Å². The first kappa shape index (κ1) is 20.3. The molecule has 3 aromatic rings. The number of rotatable bonds is 6. The molecular formula is C25H30N4O. The molecule has 0 aliphatic carbocycles. The van der Waals surface area contributed by atoms with E-state index in [0.717, 1.165) is 70.9 Å². The molecule has 5 nitrogen and oxygen atoms in total. The third-order valence-corrected chi connectivity index (χ3v) is 6.03. The lowest BCUT2D eigenvalue weighted by molar-refractivity contribution is -0.122. The third-order valence-electron chi connectivity index (χ3n) is 6.03. The number of amides is 1. The average Bonchev–Trinajstić information content (AvgIpc) is 3.18. The molecule has 0 saturated carbocycles. The van der Waals surface area contributed by atoms with Crippen LogP contribution in [0.1, 0.15) is 68.4 Å². The number of carbonyl (C=O) groups excluding carboxylic acids is 1. The molecule has 156 valence electrons. The minimum atomic E-state index is -0.512. The van der Waals surface area contributed by atoms with Gasteiger partial charge in [-0.2, -0.15) is 0 Å². The third kappa shape index (κ3) is 3.53. The van der Waals surface area contributed by atoms with Crippen LogP contribution >= 0.6 is 0 Å². The lowest BCUT2D eigenvalue weighted by Crippen LogP contribution is -2.36. The summed E-state index contributed by atoms with van der Waals surface area (Å²) in [5, 5.41) is 0. The van der Waals surface area contributed by atoms with Crippen LogP contribution in [-0.2, 0) is 10.2 Å². The smallest absolute Gasteiger partial charge is 0.237 e. The number of H-pyrrole nitrogens is 1. The number of pyridine rings is 1. The SMILES string of the molecule is CCCCCN1C(=O)C(C)(C)c2cc3[nH]c(C=Cc4ccc(C)nc4C)nc3cc21. The zero-order chi connectivity index (χ0) is 21.5. The molecule has 5 heteroatoms. The van der Waals surface area contributed by atoms with Gasteiger partial charge in [0.2, 0.25) is 5.91 Å². The fourth-order valence-corrected chi connectivity index (χ4v) is 4.21. The van der Waals surface area contributed by atoms with Crippen LogP contribution in [0.25, 0.3) is 23.2 Å². The van der Waals surface area contributed by atoms with E-state index >= 15 is 0 Å². The molecule has 0 spiro atoms. The van der Waals surface area contributed by atoms with Crippen LogP contribution in [0, 0.1) is 13.8 Å². The Kier molecular flexibility index (Phi) is 5.22. The molecule has 2 aromatic heterocycles. The second-order valence-corrected chi connectivity index (χ2v) is 8.76. The van der Waals surface area contributed by atoms with E-state index < -0.39 is 5.41 Å². The van der Waals surface area contributed by atoms with Gasteiger partial charge >= 0.3 is 0 Å². The number of aromatic amines is 1. The molecule has 1 amide bonds. The van der Waals surface area contributed by atoms with Gasteiger partial charge in [0.25, 0.3) is 0 Å². The molecule has 3 heterocycles. The maximum Gasteiger partial charge on any atom is 0.237 e. The van der Waals surface area contributed by atoms with E-state index in [4.69, 9.17) is 4.98 Å². The first-order valence-corrected chi connectivity index (χ1v) is 10.8. The second-order valence-electron chi connectivity index (χ2n) is 8.76. The van der Waals surface area contributed by atoms with E-state index in [1.54, 1.807) is 0 Å². The molecular weight excluding hydrogens is 372 g/mol. The Morgan fingerprint density at radius 2 is 1.90 bits per heavy atom. The highest BCUT2D eigenvalue weighted by Crippen LogP contribution is 2.43. The van der Waals surface area contributed by atoms with Gasteiger partial charge in [0.05, 0.1) is 22.1 Å². The van der Waals surface area contributed by atoms with Gasteiger partial charge in [-0.3, -0.25) is 9.78 Å². The Bertz CT molecular complexity index is 1140. The summed E-state index contributed by atoms with van der Waals surface area (Å²) in [5.74, 6) is 0.985. The first-order valence-electron chi connectivity index (χ1n) is 10.8. The van der Waals surface area contributed by atoms with E-state index in [0.29, 0.717) is 0 Å². The summed E-state index contributed by atoms with van der Waals surface area (Å²) in [5.41, 5.74) is 6.52. The zero-order valence-corrected chi connectivity index (χ0v) is 18.5. The Morgan fingerprint density at radius 3 is 2.63 bits per heavy atom. The highest BCUT2D eigenvalue weighted by Gasteiger charge is 2.43. The number of nitrogens with zero attached hydrogens (tertiary/aromatic N) is 3. The van der Waals surface area contributed by atoms with E-state index in [-0.39, 0.29) is 5.91 Å². The Balaban J connectivity index is 1.68. The zero-order valence-electron chi connectivity index (χ0n) is 18.5. The van der Waals surface area contributed by atoms with E-state index in [2.05, 4.69) is 35.1 Å². The fraction of sp³-hybridized carbons (Fsp3) is 0.400. The molecule has 0 bridgehead atoms. The van der Waals surface area contributed by atoms with Gasteiger partial charge in [-0.15, -0.1) is 0 Å². The van der Waals surface area contributed by atoms with Crippen molar-refractivity contribution in [2.45, 2.75) is 59.3 Å². The van der Waals surface area contributed by atoms with Crippen molar-refractivity contribution < 1.29 is 4.79 Å². The molecule has 1 aliphatic rings. The minimum Gasteiger partial charge on any atom is -0.338 e. The van der Waals surface area contributed by atoms with Crippen molar-refractivity contribution in [1.29, 1.82) is 0 Å². The second kappa shape index (κ2) is 7.71. The van der Waals surface area contributed by atoms with Crippen LogP contribution in [0.15, 0.2) is 24.3 Å². The van der Waals surface area contributed by atoms with Crippen LogP contribution in [0.2, 0.25) is 0 Å². The van der Waals surface area contributed by atoms with Crippen molar-refractivity contribution in [1.82, 2.24) is 15.0 Å². The molecule has 4 rings (SSSR count). The summed E-state index contributed by atoms with van der Waals surface area (Å²) < 4.78 is 0. The summed E-state index contributed by atoms with van der Waals surface area (Å²) in [7, 11) is 0. The molecule has 0 radical (unpaired) electrons. The number of nitrogens with one attached hydrogen (secondary N) is 1. The highest BCUT2D eigenvalue weighted by molar-refractivity contribution is 6.09. The lowest BCUT2D eigenvalue weighted by atomic mass is 9.86. The van der Waals surface area contributed by atoms with Crippen LogP contribution < -0.4 is 4.90 Å². The molecule has 30 heavy (non-hydrogen) atoms. The molecule has 0 unspecified atom stereocenters. The highest BCUT2D eigenvalue weighted by atomic mass is 16.2. The number of carbonyl (C=O) groups is 1. The molecule has 0 saturated heterocycles. The van der Waals surface area contributed by atoms with Gasteiger partial charge in [-0.1, -0.05) is 25.8 Å². The van der Waals surface area contributed by atoms with Gasteiger partial charge in [0.1, 0.15) is 5.82 Å². The molecule has 1 aliphatic heterocycles. The Labute approximate surface area is 178 Å². The van der Waals surface area contributed by atoms with Crippen LogP contribution in [0.4, 0.5) is 5.69 Å². The number of benzene rings is 1. The number of anilines is 1. The summed E-state index contributed by atoms with van der Waals surface area (Å²) in [6, 6.07) is 8.26. The number of aromatic nitrogens is 3. The van der Waals surface area contributed by atoms with Crippen LogP contribution in [-0.4, -0.2) is 27.4 Å². The number of imidazole rings is 1. The average molecular weight is 403 g/mol. The fourth-order valence-electron chi connectivity index (χ4n) is 4.21. The topological polar surface area (TPSA) is 61.9 Å². The number of hydrogen-bond donors (Lipinski definition) is 1. The van der Waals surface area contributed by atoms with Crippen LogP contribution in [0.5, 0.6) is 0 Å². The largest absolute Gasteiger partial charge is 0.338 e. The Hall–Kier alpha value is -2.95. The maximum absolute atomic E-state index is 13.0. The predicted molar refractivity (Wildman–Crippen MR) is 124 cm³/mol. The van der Waals surface area contributed by atoms with Crippen LogP contribution in [0.3, 0.4) is 0 Å².